The molecule has 2 N–H and O–H groups in total. The molecule has 20 heavy (non-hydrogen) atoms. The van der Waals surface area contributed by atoms with Crippen LogP contribution in [0.4, 0.5) is 0 Å². The zero-order valence-corrected chi connectivity index (χ0v) is 11.8. The second-order valence-electron chi connectivity index (χ2n) is 6.19. The summed E-state index contributed by atoms with van der Waals surface area (Å²) in [4.78, 5) is 14.5. The number of nitrogens with one attached hydrogen (secondary N) is 1. The predicted molar refractivity (Wildman–Crippen MR) is 77.5 cm³/mol. The molecule has 2 fully saturated rings. The summed E-state index contributed by atoms with van der Waals surface area (Å²) in [5.74, 6) is 0.409. The lowest BCUT2D eigenvalue weighted by atomic mass is 9.79. The molecular formula is C16H22N2O2. The highest BCUT2D eigenvalue weighted by Gasteiger charge is 2.39. The third-order valence-electron chi connectivity index (χ3n) is 4.61. The third-order valence-corrected chi connectivity index (χ3v) is 4.61. The van der Waals surface area contributed by atoms with Crippen LogP contribution >= 0.6 is 0 Å². The van der Waals surface area contributed by atoms with Gasteiger partial charge in [0.05, 0.1) is 6.42 Å². The largest absolute Gasteiger partial charge is 0.508 e. The molecule has 1 amide bonds. The molecule has 108 valence electrons. The number of nitrogens with zero attached hydrogens (tertiary/aromatic N) is 1. The number of hydrogen-bond acceptors (Lipinski definition) is 3. The SMILES string of the molecule is O=C(Cc1cccc(O)c1)N1CCC[C@]2(CCNC2)C1. The average molecular weight is 274 g/mol. The minimum atomic E-state index is 0.182. The smallest absolute Gasteiger partial charge is 0.227 e. The number of benzene rings is 1. The van der Waals surface area contributed by atoms with E-state index in [2.05, 4.69) is 5.32 Å². The van der Waals surface area contributed by atoms with Crippen LogP contribution in [0.3, 0.4) is 0 Å². The Morgan fingerprint density at radius 2 is 2.30 bits per heavy atom. The lowest BCUT2D eigenvalue weighted by Crippen LogP contribution is -2.47. The molecule has 4 heteroatoms. The topological polar surface area (TPSA) is 52.6 Å². The summed E-state index contributed by atoms with van der Waals surface area (Å²) in [6, 6.07) is 6.99. The minimum absolute atomic E-state index is 0.182. The molecule has 1 spiro atoms. The maximum Gasteiger partial charge on any atom is 0.227 e. The fraction of sp³-hybridized carbons (Fsp3) is 0.562. The van der Waals surface area contributed by atoms with Gasteiger partial charge < -0.3 is 15.3 Å². The summed E-state index contributed by atoms with van der Waals surface area (Å²) in [7, 11) is 0. The van der Waals surface area contributed by atoms with E-state index < -0.39 is 0 Å². The summed E-state index contributed by atoms with van der Waals surface area (Å²) in [5, 5.41) is 12.9. The fourth-order valence-electron chi connectivity index (χ4n) is 3.52. The van der Waals surface area contributed by atoms with Gasteiger partial charge in [-0.3, -0.25) is 4.79 Å². The Bertz CT molecular complexity index is 495. The number of likely N-dealkylation sites (tertiary alicyclic amines) is 1. The van der Waals surface area contributed by atoms with Crippen LogP contribution in [0, 0.1) is 5.41 Å². The first-order chi connectivity index (χ1) is 9.67. The molecule has 0 aromatic heterocycles. The van der Waals surface area contributed by atoms with Gasteiger partial charge in [0.25, 0.3) is 0 Å². The van der Waals surface area contributed by atoms with Crippen LogP contribution in [0.15, 0.2) is 24.3 Å². The van der Waals surface area contributed by atoms with Crippen LogP contribution in [-0.4, -0.2) is 42.1 Å². The molecule has 0 bridgehead atoms. The quantitative estimate of drug-likeness (QED) is 0.860. The van der Waals surface area contributed by atoms with Crippen LogP contribution in [0.2, 0.25) is 0 Å². The summed E-state index contributed by atoms with van der Waals surface area (Å²) < 4.78 is 0. The molecule has 4 nitrogen and oxygen atoms in total. The summed E-state index contributed by atoms with van der Waals surface area (Å²) >= 11 is 0. The molecule has 0 unspecified atom stereocenters. The average Bonchev–Trinajstić information content (AvgIpc) is 2.87. The zero-order chi connectivity index (χ0) is 14.0. The van der Waals surface area contributed by atoms with Gasteiger partial charge in [-0.1, -0.05) is 12.1 Å². The Balaban J connectivity index is 1.65. The van der Waals surface area contributed by atoms with Crippen LogP contribution in [-0.2, 0) is 11.2 Å². The lowest BCUT2D eigenvalue weighted by Gasteiger charge is -2.40. The van der Waals surface area contributed by atoms with E-state index in [0.717, 1.165) is 38.2 Å². The Hall–Kier alpha value is -1.55. The van der Waals surface area contributed by atoms with Gasteiger partial charge in [-0.15, -0.1) is 0 Å². The standard InChI is InChI=1S/C16H22N2O2/c19-14-4-1-3-13(9-14)10-15(20)18-8-2-5-16(12-18)6-7-17-11-16/h1,3-4,9,17,19H,2,5-8,10-12H2/t16-/m1/s1. The van der Waals surface area contributed by atoms with E-state index in [4.69, 9.17) is 0 Å². The first kappa shape index (κ1) is 13.4. The van der Waals surface area contributed by atoms with E-state index in [1.807, 2.05) is 11.0 Å². The maximum atomic E-state index is 12.4. The summed E-state index contributed by atoms with van der Waals surface area (Å²) in [6.07, 6.45) is 3.91. The van der Waals surface area contributed by atoms with Crippen LogP contribution in [0.1, 0.15) is 24.8 Å². The van der Waals surface area contributed by atoms with Gasteiger partial charge in [-0.05, 0) is 43.5 Å². The predicted octanol–water partition coefficient (Wildman–Crippen LogP) is 1.54. The number of carbonyl (C=O) groups is 1. The van der Waals surface area contributed by atoms with Gasteiger partial charge >= 0.3 is 0 Å². The normalized spacial score (nSPS) is 26.1. The van der Waals surface area contributed by atoms with Crippen molar-refractivity contribution in [2.45, 2.75) is 25.7 Å². The van der Waals surface area contributed by atoms with E-state index in [0.29, 0.717) is 11.8 Å². The fourth-order valence-corrected chi connectivity index (χ4v) is 3.52. The van der Waals surface area contributed by atoms with Gasteiger partial charge in [0.15, 0.2) is 0 Å². The van der Waals surface area contributed by atoms with Gasteiger partial charge in [0, 0.05) is 25.0 Å². The number of carbonyl (C=O) groups excluding carboxylic acids is 1. The number of rotatable bonds is 2. The van der Waals surface area contributed by atoms with E-state index in [9.17, 15) is 9.90 Å². The van der Waals surface area contributed by atoms with Crippen molar-refractivity contribution in [3.8, 4) is 5.75 Å². The number of hydrogen-bond donors (Lipinski definition) is 2. The second-order valence-corrected chi connectivity index (χ2v) is 6.19. The molecule has 2 aliphatic heterocycles. The van der Waals surface area contributed by atoms with Crippen LogP contribution in [0.25, 0.3) is 0 Å². The van der Waals surface area contributed by atoms with Gasteiger partial charge in [-0.2, -0.15) is 0 Å². The number of amides is 1. The van der Waals surface area contributed by atoms with E-state index in [1.165, 1.54) is 12.8 Å². The van der Waals surface area contributed by atoms with Crippen molar-refractivity contribution in [1.82, 2.24) is 10.2 Å². The van der Waals surface area contributed by atoms with Crippen molar-refractivity contribution in [1.29, 1.82) is 0 Å². The van der Waals surface area contributed by atoms with Crippen molar-refractivity contribution >= 4 is 5.91 Å². The van der Waals surface area contributed by atoms with E-state index in [-0.39, 0.29) is 11.7 Å². The Morgan fingerprint density at radius 1 is 1.40 bits per heavy atom. The van der Waals surface area contributed by atoms with Crippen molar-refractivity contribution in [3.05, 3.63) is 29.8 Å². The van der Waals surface area contributed by atoms with Crippen LogP contribution < -0.4 is 5.32 Å². The highest BCUT2D eigenvalue weighted by Crippen LogP contribution is 2.35. The highest BCUT2D eigenvalue weighted by molar-refractivity contribution is 5.79. The van der Waals surface area contributed by atoms with E-state index >= 15 is 0 Å². The highest BCUT2D eigenvalue weighted by atomic mass is 16.3. The maximum absolute atomic E-state index is 12.4. The van der Waals surface area contributed by atoms with Gasteiger partial charge in [-0.25, -0.2) is 0 Å². The Morgan fingerprint density at radius 3 is 3.05 bits per heavy atom. The summed E-state index contributed by atoms with van der Waals surface area (Å²) in [6.45, 7) is 3.88. The van der Waals surface area contributed by atoms with Crippen molar-refractivity contribution in [2.24, 2.45) is 5.41 Å². The second kappa shape index (κ2) is 5.44. The lowest BCUT2D eigenvalue weighted by molar-refractivity contribution is -0.133. The van der Waals surface area contributed by atoms with Crippen molar-refractivity contribution < 1.29 is 9.90 Å². The van der Waals surface area contributed by atoms with Crippen molar-refractivity contribution in [3.63, 3.8) is 0 Å². The molecule has 2 aliphatic rings. The van der Waals surface area contributed by atoms with Gasteiger partial charge in [0.2, 0.25) is 5.91 Å². The van der Waals surface area contributed by atoms with Crippen LogP contribution in [0.5, 0.6) is 5.75 Å². The molecule has 3 rings (SSSR count). The molecular weight excluding hydrogens is 252 g/mol. The molecule has 1 aromatic carbocycles. The third kappa shape index (κ3) is 2.80. The molecule has 0 radical (unpaired) electrons. The Labute approximate surface area is 119 Å². The first-order valence-electron chi connectivity index (χ1n) is 7.43. The Kier molecular flexibility index (Phi) is 3.66. The molecule has 0 saturated carbocycles. The number of phenols is 1. The molecule has 0 aliphatic carbocycles. The van der Waals surface area contributed by atoms with E-state index in [1.54, 1.807) is 18.2 Å². The number of piperidine rings is 1. The molecule has 2 heterocycles. The number of phenolic OH excluding ortho intramolecular Hbond substituents is 1. The minimum Gasteiger partial charge on any atom is -0.508 e. The zero-order valence-electron chi connectivity index (χ0n) is 11.8. The molecule has 1 aromatic rings. The summed E-state index contributed by atoms with van der Waals surface area (Å²) in [5.41, 5.74) is 1.20. The molecule has 2 saturated heterocycles. The first-order valence-corrected chi connectivity index (χ1v) is 7.43. The number of aromatic hydroxyl groups is 1. The van der Waals surface area contributed by atoms with Gasteiger partial charge in [0.1, 0.15) is 5.75 Å². The monoisotopic (exact) mass is 274 g/mol. The van der Waals surface area contributed by atoms with Crippen molar-refractivity contribution in [2.75, 3.05) is 26.2 Å². The molecule has 1 atom stereocenters.